The van der Waals surface area contributed by atoms with Gasteiger partial charge in [0.15, 0.2) is 0 Å². The van der Waals surface area contributed by atoms with Crippen molar-refractivity contribution in [2.45, 2.75) is 6.42 Å². The smallest absolute Gasteiger partial charge is 0.150 e. The number of carbonyl (C=O) groups is 1. The molecular formula is C13H15NO. The van der Waals surface area contributed by atoms with Crippen LogP contribution in [0.5, 0.6) is 0 Å². The van der Waals surface area contributed by atoms with Gasteiger partial charge in [0.2, 0.25) is 0 Å². The van der Waals surface area contributed by atoms with Gasteiger partial charge in [0.1, 0.15) is 6.29 Å². The maximum Gasteiger partial charge on any atom is 0.150 e. The maximum atomic E-state index is 10.5. The summed E-state index contributed by atoms with van der Waals surface area (Å²) in [5.74, 6) is 0. The number of hydrogen-bond acceptors (Lipinski definition) is 2. The second-order valence-corrected chi connectivity index (χ2v) is 3.98. The highest BCUT2D eigenvalue weighted by molar-refractivity contribution is 5.76. The number of benzene rings is 1. The van der Waals surface area contributed by atoms with Crippen LogP contribution < -0.4 is 0 Å². The van der Waals surface area contributed by atoms with Gasteiger partial charge in [-0.1, -0.05) is 30.3 Å². The van der Waals surface area contributed by atoms with Crippen LogP contribution in [0.3, 0.4) is 0 Å². The Bertz CT molecular complexity index is 378. The lowest BCUT2D eigenvalue weighted by molar-refractivity contribution is 0.112. The van der Waals surface area contributed by atoms with Gasteiger partial charge in [-0.05, 0) is 24.6 Å². The number of aldehydes is 1. The summed E-state index contributed by atoms with van der Waals surface area (Å²) in [6, 6.07) is 7.81. The van der Waals surface area contributed by atoms with Gasteiger partial charge < -0.3 is 4.90 Å². The Kier molecular flexibility index (Phi) is 2.97. The van der Waals surface area contributed by atoms with E-state index in [2.05, 4.69) is 18.0 Å². The number of carbonyl (C=O) groups excluding carboxylic acids is 1. The summed E-state index contributed by atoms with van der Waals surface area (Å²) in [4.78, 5) is 12.8. The predicted molar refractivity (Wildman–Crippen MR) is 61.9 cm³/mol. The number of rotatable bonds is 2. The maximum absolute atomic E-state index is 10.5. The molecule has 1 aromatic carbocycles. The molecule has 0 saturated heterocycles. The van der Waals surface area contributed by atoms with Crippen LogP contribution in [-0.4, -0.2) is 31.3 Å². The normalized spacial score (nSPS) is 17.3. The largest absolute Gasteiger partial charge is 0.302 e. The molecule has 1 heterocycles. The third-order valence-corrected chi connectivity index (χ3v) is 2.83. The zero-order valence-electron chi connectivity index (χ0n) is 8.94. The molecule has 1 aliphatic heterocycles. The Labute approximate surface area is 90.2 Å². The average Bonchev–Trinajstić information content (AvgIpc) is 2.30. The third-order valence-electron chi connectivity index (χ3n) is 2.83. The standard InChI is InChI=1S/C13H15NO/c1-14-8-6-13(7-9-14)12-4-2-11(10-15)3-5-12/h2-6,10H,7-9H2,1H3. The molecule has 0 unspecified atom stereocenters. The van der Waals surface area contributed by atoms with Crippen LogP contribution >= 0.6 is 0 Å². The quantitative estimate of drug-likeness (QED) is 0.684. The molecule has 0 aromatic heterocycles. The van der Waals surface area contributed by atoms with Crippen LogP contribution in [0.1, 0.15) is 22.3 Å². The van der Waals surface area contributed by atoms with Crippen molar-refractivity contribution in [2.75, 3.05) is 20.1 Å². The van der Waals surface area contributed by atoms with Gasteiger partial charge in [-0.3, -0.25) is 4.79 Å². The molecule has 2 rings (SSSR count). The lowest BCUT2D eigenvalue weighted by atomic mass is 9.99. The summed E-state index contributed by atoms with van der Waals surface area (Å²) in [7, 11) is 2.13. The van der Waals surface area contributed by atoms with Crippen molar-refractivity contribution < 1.29 is 4.79 Å². The van der Waals surface area contributed by atoms with Crippen LogP contribution in [0.4, 0.5) is 0 Å². The molecule has 0 amide bonds. The zero-order chi connectivity index (χ0) is 10.7. The van der Waals surface area contributed by atoms with E-state index in [1.165, 1.54) is 11.1 Å². The van der Waals surface area contributed by atoms with Crippen molar-refractivity contribution in [1.29, 1.82) is 0 Å². The molecule has 1 aromatic rings. The van der Waals surface area contributed by atoms with Crippen LogP contribution in [0.25, 0.3) is 5.57 Å². The second kappa shape index (κ2) is 4.41. The van der Waals surface area contributed by atoms with Gasteiger partial charge in [0.05, 0.1) is 0 Å². The molecule has 0 fully saturated rings. The molecule has 78 valence electrons. The Balaban J connectivity index is 2.19. The Morgan fingerprint density at radius 2 is 2.00 bits per heavy atom. The molecular weight excluding hydrogens is 186 g/mol. The molecule has 0 aliphatic carbocycles. The molecule has 0 N–H and O–H groups in total. The summed E-state index contributed by atoms with van der Waals surface area (Å²) in [5, 5.41) is 0. The molecule has 0 spiro atoms. The number of likely N-dealkylation sites (N-methyl/N-ethyl adjacent to an activating group) is 1. The van der Waals surface area contributed by atoms with E-state index in [-0.39, 0.29) is 0 Å². The van der Waals surface area contributed by atoms with Crippen LogP contribution in [-0.2, 0) is 0 Å². The fourth-order valence-electron chi connectivity index (χ4n) is 1.81. The van der Waals surface area contributed by atoms with E-state index in [4.69, 9.17) is 0 Å². The van der Waals surface area contributed by atoms with Gasteiger partial charge in [-0.2, -0.15) is 0 Å². The third kappa shape index (κ3) is 2.34. The SMILES string of the molecule is CN1CC=C(c2ccc(C=O)cc2)CC1. The van der Waals surface area contributed by atoms with Crippen molar-refractivity contribution in [2.24, 2.45) is 0 Å². The van der Waals surface area contributed by atoms with Crippen molar-refractivity contribution in [3.8, 4) is 0 Å². The van der Waals surface area contributed by atoms with E-state index in [0.717, 1.165) is 31.4 Å². The first-order valence-corrected chi connectivity index (χ1v) is 5.23. The summed E-state index contributed by atoms with van der Waals surface area (Å²) >= 11 is 0. The molecule has 0 atom stereocenters. The summed E-state index contributed by atoms with van der Waals surface area (Å²) in [6.45, 7) is 2.13. The van der Waals surface area contributed by atoms with E-state index < -0.39 is 0 Å². The van der Waals surface area contributed by atoms with Gasteiger partial charge in [0, 0.05) is 18.7 Å². The monoisotopic (exact) mass is 201 g/mol. The van der Waals surface area contributed by atoms with E-state index >= 15 is 0 Å². The van der Waals surface area contributed by atoms with E-state index in [9.17, 15) is 4.79 Å². The Hall–Kier alpha value is -1.41. The second-order valence-electron chi connectivity index (χ2n) is 3.98. The highest BCUT2D eigenvalue weighted by atomic mass is 16.1. The molecule has 2 nitrogen and oxygen atoms in total. The van der Waals surface area contributed by atoms with E-state index in [0.29, 0.717) is 0 Å². The first-order chi connectivity index (χ1) is 7.29. The summed E-state index contributed by atoms with van der Waals surface area (Å²) < 4.78 is 0. The Morgan fingerprint density at radius 3 is 2.53 bits per heavy atom. The van der Waals surface area contributed by atoms with Crippen molar-refractivity contribution >= 4 is 11.9 Å². The lowest BCUT2D eigenvalue weighted by Gasteiger charge is -2.22. The molecule has 0 bridgehead atoms. The lowest BCUT2D eigenvalue weighted by Crippen LogP contribution is -2.23. The van der Waals surface area contributed by atoms with E-state index in [1.54, 1.807) is 0 Å². The van der Waals surface area contributed by atoms with Gasteiger partial charge in [0.25, 0.3) is 0 Å². The van der Waals surface area contributed by atoms with Crippen LogP contribution in [0.15, 0.2) is 30.3 Å². The summed E-state index contributed by atoms with van der Waals surface area (Å²) in [5.41, 5.74) is 3.38. The number of hydrogen-bond donors (Lipinski definition) is 0. The fraction of sp³-hybridized carbons (Fsp3) is 0.308. The average molecular weight is 201 g/mol. The molecule has 0 radical (unpaired) electrons. The van der Waals surface area contributed by atoms with Crippen LogP contribution in [0, 0.1) is 0 Å². The molecule has 0 saturated carbocycles. The highest BCUT2D eigenvalue weighted by Gasteiger charge is 2.08. The highest BCUT2D eigenvalue weighted by Crippen LogP contribution is 2.21. The van der Waals surface area contributed by atoms with E-state index in [1.807, 2.05) is 24.3 Å². The summed E-state index contributed by atoms with van der Waals surface area (Å²) in [6.07, 6.45) is 4.24. The number of nitrogens with zero attached hydrogens (tertiary/aromatic N) is 1. The first-order valence-electron chi connectivity index (χ1n) is 5.23. The first kappa shape index (κ1) is 10.1. The van der Waals surface area contributed by atoms with Crippen molar-refractivity contribution in [1.82, 2.24) is 4.90 Å². The minimum atomic E-state index is 0.743. The minimum Gasteiger partial charge on any atom is -0.302 e. The zero-order valence-corrected chi connectivity index (χ0v) is 8.94. The molecule has 2 heteroatoms. The van der Waals surface area contributed by atoms with Crippen molar-refractivity contribution in [3.63, 3.8) is 0 Å². The molecule has 1 aliphatic rings. The predicted octanol–water partition coefficient (Wildman–Crippen LogP) is 2.22. The van der Waals surface area contributed by atoms with Crippen LogP contribution in [0.2, 0.25) is 0 Å². The Morgan fingerprint density at radius 1 is 1.27 bits per heavy atom. The van der Waals surface area contributed by atoms with Crippen molar-refractivity contribution in [3.05, 3.63) is 41.5 Å². The molecule has 15 heavy (non-hydrogen) atoms. The minimum absolute atomic E-state index is 0.743. The van der Waals surface area contributed by atoms with Gasteiger partial charge in [-0.15, -0.1) is 0 Å². The van der Waals surface area contributed by atoms with Gasteiger partial charge in [-0.25, -0.2) is 0 Å². The topological polar surface area (TPSA) is 20.3 Å². The fourth-order valence-corrected chi connectivity index (χ4v) is 1.81. The van der Waals surface area contributed by atoms with Gasteiger partial charge >= 0.3 is 0 Å².